The number of hydrogen-bond donors (Lipinski definition) is 0. The molecule has 2 atom stereocenters. The first-order valence-electron chi connectivity index (χ1n) is 10.5. The van der Waals surface area contributed by atoms with Crippen LogP contribution in [0.4, 0.5) is 17.6 Å². The van der Waals surface area contributed by atoms with Crippen molar-refractivity contribution in [1.82, 2.24) is 4.90 Å². The summed E-state index contributed by atoms with van der Waals surface area (Å²) in [7, 11) is 1.36. The van der Waals surface area contributed by atoms with E-state index in [1.807, 2.05) is 0 Å². The van der Waals surface area contributed by atoms with Gasteiger partial charge in [-0.05, 0) is 35.9 Å². The molecule has 2 aromatic rings. The number of amides is 1. The highest BCUT2D eigenvalue weighted by Crippen LogP contribution is 2.43. The number of alkyl halides is 3. The van der Waals surface area contributed by atoms with Crippen LogP contribution in [0.1, 0.15) is 22.3 Å². The second kappa shape index (κ2) is 9.77. The van der Waals surface area contributed by atoms with Crippen LogP contribution in [0.3, 0.4) is 0 Å². The van der Waals surface area contributed by atoms with E-state index in [1.54, 1.807) is 17.0 Å². The minimum Gasteiger partial charge on any atom is -0.493 e. The van der Waals surface area contributed by atoms with Gasteiger partial charge < -0.3 is 23.8 Å². The van der Waals surface area contributed by atoms with Gasteiger partial charge in [0.25, 0.3) is 5.91 Å². The Bertz CT molecular complexity index is 1030. The predicted molar refractivity (Wildman–Crippen MR) is 110 cm³/mol. The van der Waals surface area contributed by atoms with E-state index in [9.17, 15) is 22.4 Å². The molecule has 0 spiro atoms. The van der Waals surface area contributed by atoms with E-state index in [1.165, 1.54) is 37.4 Å². The maximum absolute atomic E-state index is 13.8. The number of likely N-dealkylation sites (tertiary alicyclic amines) is 1. The van der Waals surface area contributed by atoms with Crippen LogP contribution in [0.2, 0.25) is 0 Å². The molecule has 34 heavy (non-hydrogen) atoms. The van der Waals surface area contributed by atoms with Gasteiger partial charge in [-0.3, -0.25) is 9.53 Å². The summed E-state index contributed by atoms with van der Waals surface area (Å²) in [5.74, 6) is -0.279. The Morgan fingerprint density at radius 3 is 2.74 bits per heavy atom. The summed E-state index contributed by atoms with van der Waals surface area (Å²) in [5, 5.41) is 0. The van der Waals surface area contributed by atoms with Crippen LogP contribution in [0.15, 0.2) is 42.5 Å². The molecule has 1 amide bonds. The molecule has 0 radical (unpaired) electrons. The van der Waals surface area contributed by atoms with Crippen LogP contribution >= 0.6 is 0 Å². The Balaban J connectivity index is 1.43. The van der Waals surface area contributed by atoms with Gasteiger partial charge in [-0.2, -0.15) is 0 Å². The maximum atomic E-state index is 13.8. The number of benzene rings is 2. The van der Waals surface area contributed by atoms with Crippen LogP contribution in [0.25, 0.3) is 0 Å². The average molecular weight is 485 g/mol. The number of methoxy groups -OCH3 is 1. The number of halogens is 4. The number of fused-ring (bicyclic) bond motifs is 1. The Kier molecular flexibility index (Phi) is 6.96. The second-order valence-corrected chi connectivity index (χ2v) is 7.83. The lowest BCUT2D eigenvalue weighted by molar-refractivity contribution is -0.325. The van der Waals surface area contributed by atoms with Crippen molar-refractivity contribution in [2.24, 2.45) is 0 Å². The molecule has 2 aromatic carbocycles. The molecule has 7 nitrogen and oxygen atoms in total. The van der Waals surface area contributed by atoms with Crippen LogP contribution < -0.4 is 9.47 Å². The van der Waals surface area contributed by atoms with Gasteiger partial charge in [0.05, 0.1) is 20.3 Å². The standard InChI is InChI=1S/C23H23F4NO6/c1-30-19-11-15(5-6-18(19)31-9-10-33-23(25,26)27)21(29)28-8-7-22(20(13-28)32-14-34-22)16-3-2-4-17(24)12-16/h2-6,11-12,20H,7-10,13-14H2,1H3. The summed E-state index contributed by atoms with van der Waals surface area (Å²) >= 11 is 0. The molecule has 0 N–H and O–H groups in total. The fraction of sp³-hybridized carbons (Fsp3) is 0.435. The summed E-state index contributed by atoms with van der Waals surface area (Å²) in [4.78, 5) is 14.8. The van der Waals surface area contributed by atoms with Crippen molar-refractivity contribution in [1.29, 1.82) is 0 Å². The number of carbonyl (C=O) groups excluding carboxylic acids is 1. The highest BCUT2D eigenvalue weighted by atomic mass is 19.4. The normalized spacial score (nSPS) is 22.4. The molecule has 0 aliphatic carbocycles. The van der Waals surface area contributed by atoms with E-state index in [-0.39, 0.29) is 43.2 Å². The number of nitrogens with zero attached hydrogens (tertiary/aromatic N) is 1. The monoisotopic (exact) mass is 485 g/mol. The van der Waals surface area contributed by atoms with Gasteiger partial charge in [-0.1, -0.05) is 12.1 Å². The molecular formula is C23H23F4NO6. The topological polar surface area (TPSA) is 66.5 Å². The molecular weight excluding hydrogens is 462 g/mol. The third kappa shape index (κ3) is 5.11. The molecule has 2 aliphatic heterocycles. The number of ether oxygens (including phenoxy) is 5. The molecule has 11 heteroatoms. The van der Waals surface area contributed by atoms with Crippen molar-refractivity contribution in [3.8, 4) is 11.5 Å². The van der Waals surface area contributed by atoms with Crippen LogP contribution in [0, 0.1) is 5.82 Å². The highest BCUT2D eigenvalue weighted by Gasteiger charge is 2.51. The number of piperidine rings is 1. The Labute approximate surface area is 193 Å². The minimum atomic E-state index is -4.74. The molecule has 4 rings (SSSR count). The van der Waals surface area contributed by atoms with Gasteiger partial charge in [-0.25, -0.2) is 4.39 Å². The van der Waals surface area contributed by atoms with Crippen LogP contribution in [-0.4, -0.2) is 63.5 Å². The van der Waals surface area contributed by atoms with Gasteiger partial charge >= 0.3 is 6.36 Å². The molecule has 2 saturated heterocycles. The summed E-state index contributed by atoms with van der Waals surface area (Å²) in [6.07, 6.45) is -4.78. The Morgan fingerprint density at radius 2 is 2.00 bits per heavy atom. The van der Waals surface area contributed by atoms with E-state index in [4.69, 9.17) is 18.9 Å². The highest BCUT2D eigenvalue weighted by molar-refractivity contribution is 5.95. The molecule has 184 valence electrons. The molecule has 0 saturated carbocycles. The predicted octanol–water partition coefficient (Wildman–Crippen LogP) is 3.86. The fourth-order valence-electron chi connectivity index (χ4n) is 4.24. The second-order valence-electron chi connectivity index (χ2n) is 7.83. The third-order valence-corrected chi connectivity index (χ3v) is 5.86. The summed E-state index contributed by atoms with van der Waals surface area (Å²) in [5.41, 5.74) is 0.153. The van der Waals surface area contributed by atoms with Crippen molar-refractivity contribution < 1.29 is 46.0 Å². The van der Waals surface area contributed by atoms with Gasteiger partial charge in [0, 0.05) is 18.5 Å². The zero-order valence-electron chi connectivity index (χ0n) is 18.3. The minimum absolute atomic E-state index is 0.0428. The van der Waals surface area contributed by atoms with Crippen LogP contribution in [-0.2, 0) is 19.8 Å². The Morgan fingerprint density at radius 1 is 1.18 bits per heavy atom. The van der Waals surface area contributed by atoms with Crippen molar-refractivity contribution in [3.63, 3.8) is 0 Å². The van der Waals surface area contributed by atoms with Crippen molar-refractivity contribution >= 4 is 5.91 Å². The summed E-state index contributed by atoms with van der Waals surface area (Å²) < 4.78 is 75.9. The number of carbonyl (C=O) groups is 1. The van der Waals surface area contributed by atoms with Gasteiger partial charge in [0.15, 0.2) is 11.5 Å². The third-order valence-electron chi connectivity index (χ3n) is 5.86. The summed E-state index contributed by atoms with van der Waals surface area (Å²) in [6.45, 7) is -0.398. The molecule has 2 heterocycles. The van der Waals surface area contributed by atoms with E-state index in [2.05, 4.69) is 4.74 Å². The lowest BCUT2D eigenvalue weighted by Gasteiger charge is -2.42. The zero-order chi connectivity index (χ0) is 24.3. The van der Waals surface area contributed by atoms with Gasteiger partial charge in [-0.15, -0.1) is 13.2 Å². The van der Waals surface area contributed by atoms with Crippen molar-refractivity contribution in [2.75, 3.05) is 40.2 Å². The van der Waals surface area contributed by atoms with Crippen molar-refractivity contribution in [3.05, 3.63) is 59.4 Å². The van der Waals surface area contributed by atoms with Crippen molar-refractivity contribution in [2.45, 2.75) is 24.5 Å². The molecule has 2 fully saturated rings. The quantitative estimate of drug-likeness (QED) is 0.438. The first-order chi connectivity index (χ1) is 16.2. The molecule has 0 bridgehead atoms. The number of hydrogen-bond acceptors (Lipinski definition) is 6. The van der Waals surface area contributed by atoms with E-state index >= 15 is 0 Å². The molecule has 2 unspecified atom stereocenters. The SMILES string of the molecule is COc1cc(C(=O)N2CCC3(c4cccc(F)c4)OCOC3C2)ccc1OCCOC(F)(F)F. The summed E-state index contributed by atoms with van der Waals surface area (Å²) in [6, 6.07) is 10.6. The first kappa shape index (κ1) is 24.2. The lowest BCUT2D eigenvalue weighted by atomic mass is 9.82. The number of rotatable bonds is 7. The maximum Gasteiger partial charge on any atom is 0.522 e. The molecule has 2 aliphatic rings. The zero-order valence-corrected chi connectivity index (χ0v) is 18.3. The van der Waals surface area contributed by atoms with Crippen LogP contribution in [0.5, 0.6) is 11.5 Å². The van der Waals surface area contributed by atoms with E-state index in [0.29, 0.717) is 24.1 Å². The lowest BCUT2D eigenvalue weighted by Crippen LogP contribution is -2.53. The average Bonchev–Trinajstić information content (AvgIpc) is 3.25. The Hall–Kier alpha value is -2.89. The fourth-order valence-corrected chi connectivity index (χ4v) is 4.24. The first-order valence-corrected chi connectivity index (χ1v) is 10.5. The van der Waals surface area contributed by atoms with E-state index < -0.39 is 24.7 Å². The largest absolute Gasteiger partial charge is 0.522 e. The van der Waals surface area contributed by atoms with Gasteiger partial charge in [0.1, 0.15) is 30.9 Å². The molecule has 0 aromatic heterocycles. The van der Waals surface area contributed by atoms with Gasteiger partial charge in [0.2, 0.25) is 0 Å². The smallest absolute Gasteiger partial charge is 0.493 e. The van der Waals surface area contributed by atoms with E-state index in [0.717, 1.165) is 0 Å².